The van der Waals surface area contributed by atoms with Gasteiger partial charge in [-0.1, -0.05) is 0 Å². The maximum absolute atomic E-state index is 11.5. The standard InChI is InChI=1S/C12H13NO6/c1-19-11(16)5-4-10(15)13-8-3-2-7(12(17)18)6-9(8)14/h2-3,6,14H,4-5H2,1H3,(H,13,15)(H,17,18). The van der Waals surface area contributed by atoms with Gasteiger partial charge in [-0.25, -0.2) is 4.79 Å². The minimum absolute atomic E-state index is 0.0731. The van der Waals surface area contributed by atoms with E-state index in [0.29, 0.717) is 0 Å². The van der Waals surface area contributed by atoms with E-state index < -0.39 is 17.8 Å². The van der Waals surface area contributed by atoms with Gasteiger partial charge < -0.3 is 20.3 Å². The Morgan fingerprint density at radius 3 is 2.47 bits per heavy atom. The summed E-state index contributed by atoms with van der Waals surface area (Å²) in [5.74, 6) is -2.53. The molecule has 7 heteroatoms. The molecule has 0 atom stereocenters. The molecule has 0 aliphatic rings. The van der Waals surface area contributed by atoms with Gasteiger partial charge in [0.15, 0.2) is 0 Å². The number of esters is 1. The van der Waals surface area contributed by atoms with Gasteiger partial charge in [0, 0.05) is 6.42 Å². The van der Waals surface area contributed by atoms with Gasteiger partial charge in [-0.05, 0) is 18.2 Å². The molecule has 0 radical (unpaired) electrons. The minimum atomic E-state index is -1.18. The predicted octanol–water partition coefficient (Wildman–Crippen LogP) is 0.982. The Morgan fingerprint density at radius 1 is 1.26 bits per heavy atom. The second kappa shape index (κ2) is 6.39. The lowest BCUT2D eigenvalue weighted by atomic mass is 10.2. The van der Waals surface area contributed by atoms with Crippen molar-refractivity contribution in [2.24, 2.45) is 0 Å². The van der Waals surface area contributed by atoms with Crippen molar-refractivity contribution in [3.05, 3.63) is 23.8 Å². The Labute approximate surface area is 108 Å². The number of anilines is 1. The fourth-order valence-corrected chi connectivity index (χ4v) is 1.30. The van der Waals surface area contributed by atoms with Gasteiger partial charge >= 0.3 is 11.9 Å². The number of methoxy groups -OCH3 is 1. The van der Waals surface area contributed by atoms with Crippen LogP contribution in [-0.2, 0) is 14.3 Å². The number of hydrogen-bond donors (Lipinski definition) is 3. The first kappa shape index (κ1) is 14.5. The number of amides is 1. The van der Waals surface area contributed by atoms with Crippen molar-refractivity contribution < 1.29 is 29.3 Å². The lowest BCUT2D eigenvalue weighted by molar-refractivity contribution is -0.141. The largest absolute Gasteiger partial charge is 0.506 e. The summed E-state index contributed by atoms with van der Waals surface area (Å²) >= 11 is 0. The Kier molecular flexibility index (Phi) is 4.87. The van der Waals surface area contributed by atoms with Crippen LogP contribution in [0.2, 0.25) is 0 Å². The molecule has 7 nitrogen and oxygen atoms in total. The number of carboxylic acids is 1. The summed E-state index contributed by atoms with van der Waals surface area (Å²) in [6.45, 7) is 0. The van der Waals surface area contributed by atoms with Crippen molar-refractivity contribution in [2.75, 3.05) is 12.4 Å². The predicted molar refractivity (Wildman–Crippen MR) is 64.9 cm³/mol. The molecular formula is C12H13NO6. The first-order chi connectivity index (χ1) is 8.93. The number of hydrogen-bond acceptors (Lipinski definition) is 5. The van der Waals surface area contributed by atoms with E-state index in [1.165, 1.54) is 19.2 Å². The van der Waals surface area contributed by atoms with Crippen molar-refractivity contribution in [3.8, 4) is 5.75 Å². The molecule has 0 fully saturated rings. The lowest BCUT2D eigenvalue weighted by Gasteiger charge is -2.07. The third-order valence-corrected chi connectivity index (χ3v) is 2.30. The van der Waals surface area contributed by atoms with Crippen LogP contribution >= 0.6 is 0 Å². The van der Waals surface area contributed by atoms with Crippen LogP contribution in [0.1, 0.15) is 23.2 Å². The third kappa shape index (κ3) is 4.30. The van der Waals surface area contributed by atoms with Crippen LogP contribution in [0, 0.1) is 0 Å². The molecule has 0 aromatic heterocycles. The molecule has 0 spiro atoms. The maximum Gasteiger partial charge on any atom is 0.335 e. The molecule has 0 unspecified atom stereocenters. The number of ether oxygens (including phenoxy) is 1. The molecule has 0 aliphatic carbocycles. The first-order valence-electron chi connectivity index (χ1n) is 5.37. The van der Waals surface area contributed by atoms with Crippen molar-refractivity contribution >= 4 is 23.5 Å². The van der Waals surface area contributed by atoms with Crippen molar-refractivity contribution in [3.63, 3.8) is 0 Å². The summed E-state index contributed by atoms with van der Waals surface area (Å²) in [5.41, 5.74) is -0.00933. The van der Waals surface area contributed by atoms with E-state index in [1.54, 1.807) is 0 Å². The van der Waals surface area contributed by atoms with Crippen LogP contribution in [-0.4, -0.2) is 35.2 Å². The minimum Gasteiger partial charge on any atom is -0.506 e. The average Bonchev–Trinajstić information content (AvgIpc) is 2.38. The van der Waals surface area contributed by atoms with E-state index in [4.69, 9.17) is 5.11 Å². The summed E-state index contributed by atoms with van der Waals surface area (Å²) in [6.07, 6.45) is -0.164. The van der Waals surface area contributed by atoms with E-state index in [-0.39, 0.29) is 29.8 Å². The number of benzene rings is 1. The number of phenolic OH excluding ortho intramolecular Hbond substituents is 1. The molecule has 1 amide bonds. The summed E-state index contributed by atoms with van der Waals surface area (Å²) < 4.78 is 4.38. The number of carboxylic acid groups (broad SMARTS) is 1. The zero-order valence-electron chi connectivity index (χ0n) is 10.2. The average molecular weight is 267 g/mol. The molecule has 1 aromatic rings. The van der Waals surface area contributed by atoms with Gasteiger partial charge in [0.25, 0.3) is 0 Å². The maximum atomic E-state index is 11.5. The molecule has 0 bridgehead atoms. The highest BCUT2D eigenvalue weighted by Crippen LogP contribution is 2.24. The summed E-state index contributed by atoms with van der Waals surface area (Å²) in [6, 6.07) is 3.55. The molecule has 1 aromatic carbocycles. The number of phenols is 1. The highest BCUT2D eigenvalue weighted by molar-refractivity contribution is 5.95. The first-order valence-corrected chi connectivity index (χ1v) is 5.37. The number of aromatic carboxylic acids is 1. The van der Waals surface area contributed by atoms with E-state index in [2.05, 4.69) is 10.1 Å². The van der Waals surface area contributed by atoms with Gasteiger partial charge in [0.2, 0.25) is 5.91 Å². The van der Waals surface area contributed by atoms with Crippen molar-refractivity contribution in [2.45, 2.75) is 12.8 Å². The van der Waals surface area contributed by atoms with Crippen molar-refractivity contribution in [1.82, 2.24) is 0 Å². The molecule has 1 rings (SSSR count). The van der Waals surface area contributed by atoms with E-state index in [0.717, 1.165) is 6.07 Å². The van der Waals surface area contributed by atoms with Gasteiger partial charge in [-0.3, -0.25) is 9.59 Å². The van der Waals surface area contributed by atoms with Crippen LogP contribution in [0.4, 0.5) is 5.69 Å². The van der Waals surface area contributed by atoms with Gasteiger partial charge in [0.05, 0.1) is 24.8 Å². The third-order valence-electron chi connectivity index (χ3n) is 2.30. The van der Waals surface area contributed by atoms with E-state index >= 15 is 0 Å². The van der Waals surface area contributed by atoms with E-state index in [1.807, 2.05) is 0 Å². The molecule has 19 heavy (non-hydrogen) atoms. The highest BCUT2D eigenvalue weighted by atomic mass is 16.5. The zero-order valence-corrected chi connectivity index (χ0v) is 10.2. The Morgan fingerprint density at radius 2 is 1.95 bits per heavy atom. The molecule has 0 aliphatic heterocycles. The van der Waals surface area contributed by atoms with Crippen LogP contribution in [0.5, 0.6) is 5.75 Å². The topological polar surface area (TPSA) is 113 Å². The van der Waals surface area contributed by atoms with Crippen LogP contribution in [0.3, 0.4) is 0 Å². The Balaban J connectivity index is 2.64. The van der Waals surface area contributed by atoms with Gasteiger partial charge in [-0.15, -0.1) is 0 Å². The molecule has 3 N–H and O–H groups in total. The number of rotatable bonds is 5. The van der Waals surface area contributed by atoms with E-state index in [9.17, 15) is 19.5 Å². The number of carbonyl (C=O) groups excluding carboxylic acids is 2. The Hall–Kier alpha value is -2.57. The molecule has 0 heterocycles. The molecule has 0 saturated carbocycles. The SMILES string of the molecule is COC(=O)CCC(=O)Nc1ccc(C(=O)O)cc1O. The lowest BCUT2D eigenvalue weighted by Crippen LogP contribution is -2.14. The summed E-state index contributed by atoms with van der Waals surface area (Å²) in [5, 5.41) is 20.6. The molecular weight excluding hydrogens is 254 g/mol. The Bertz CT molecular complexity index is 511. The highest BCUT2D eigenvalue weighted by Gasteiger charge is 2.11. The number of aromatic hydroxyl groups is 1. The summed E-state index contributed by atoms with van der Waals surface area (Å²) in [7, 11) is 1.22. The van der Waals surface area contributed by atoms with Gasteiger partial charge in [-0.2, -0.15) is 0 Å². The number of nitrogens with one attached hydrogen (secondary N) is 1. The fourth-order valence-electron chi connectivity index (χ4n) is 1.30. The normalized spacial score (nSPS) is 9.74. The second-order valence-corrected chi connectivity index (χ2v) is 3.66. The van der Waals surface area contributed by atoms with Crippen LogP contribution < -0.4 is 5.32 Å². The molecule has 102 valence electrons. The molecule has 0 saturated heterocycles. The fraction of sp³-hybridized carbons (Fsp3) is 0.250. The van der Waals surface area contributed by atoms with Crippen LogP contribution in [0.25, 0.3) is 0 Å². The quantitative estimate of drug-likeness (QED) is 0.541. The second-order valence-electron chi connectivity index (χ2n) is 3.66. The van der Waals surface area contributed by atoms with Crippen LogP contribution in [0.15, 0.2) is 18.2 Å². The number of carbonyl (C=O) groups is 3. The zero-order chi connectivity index (χ0) is 14.4. The van der Waals surface area contributed by atoms with Gasteiger partial charge in [0.1, 0.15) is 5.75 Å². The van der Waals surface area contributed by atoms with Crippen molar-refractivity contribution in [1.29, 1.82) is 0 Å². The smallest absolute Gasteiger partial charge is 0.335 e. The summed E-state index contributed by atoms with van der Waals surface area (Å²) in [4.78, 5) is 32.9. The monoisotopic (exact) mass is 267 g/mol.